The zero-order valence-corrected chi connectivity index (χ0v) is 14.6. The van der Waals surface area contributed by atoms with Gasteiger partial charge >= 0.3 is 0 Å². The lowest BCUT2D eigenvalue weighted by molar-refractivity contribution is 0.0427. The van der Waals surface area contributed by atoms with Crippen LogP contribution in [-0.2, 0) is 11.2 Å². The van der Waals surface area contributed by atoms with Crippen molar-refractivity contribution in [1.29, 1.82) is 0 Å². The molecule has 0 unspecified atom stereocenters. The number of nitrogens with one attached hydrogen (secondary N) is 1. The van der Waals surface area contributed by atoms with Gasteiger partial charge in [-0.2, -0.15) is 0 Å². The van der Waals surface area contributed by atoms with E-state index < -0.39 is 0 Å². The first-order valence-corrected chi connectivity index (χ1v) is 9.13. The molecule has 1 fully saturated rings. The summed E-state index contributed by atoms with van der Waals surface area (Å²) in [6, 6.07) is 16.3. The van der Waals surface area contributed by atoms with E-state index in [1.807, 2.05) is 29.2 Å². The summed E-state index contributed by atoms with van der Waals surface area (Å²) >= 11 is 0. The number of anilines is 1. The maximum absolute atomic E-state index is 13.1. The van der Waals surface area contributed by atoms with Gasteiger partial charge in [0.05, 0.1) is 11.7 Å². The summed E-state index contributed by atoms with van der Waals surface area (Å²) in [6.45, 7) is 3.57. The lowest BCUT2D eigenvalue weighted by Crippen LogP contribution is -2.46. The third-order valence-electron chi connectivity index (χ3n) is 5.15. The van der Waals surface area contributed by atoms with Crippen molar-refractivity contribution in [2.75, 3.05) is 18.5 Å². The Kier molecular flexibility index (Phi) is 4.45. The van der Waals surface area contributed by atoms with Gasteiger partial charge in [-0.25, -0.2) is 0 Å². The molecule has 4 nitrogen and oxygen atoms in total. The van der Waals surface area contributed by atoms with Gasteiger partial charge in [-0.05, 0) is 42.5 Å². The molecule has 1 saturated heterocycles. The quantitative estimate of drug-likeness (QED) is 0.918. The Balaban J connectivity index is 1.68. The number of rotatable bonds is 4. The highest BCUT2D eigenvalue weighted by molar-refractivity contribution is 6.01. The second kappa shape index (κ2) is 6.89. The normalized spacial score (nSPS) is 22.6. The van der Waals surface area contributed by atoms with Crippen LogP contribution in [0, 0.1) is 0 Å². The van der Waals surface area contributed by atoms with Crippen molar-refractivity contribution < 1.29 is 9.53 Å². The first kappa shape index (κ1) is 16.2. The largest absolute Gasteiger partial charge is 0.376 e. The lowest BCUT2D eigenvalue weighted by atomic mass is 10.0. The molecule has 2 atom stereocenters. The number of benzene rings is 2. The average molecular weight is 336 g/mol. The molecule has 130 valence electrons. The van der Waals surface area contributed by atoms with E-state index >= 15 is 0 Å². The summed E-state index contributed by atoms with van der Waals surface area (Å²) in [5.74, 6) is 0.0782. The predicted octanol–water partition coefficient (Wildman–Crippen LogP) is 3.99. The minimum absolute atomic E-state index is 0.0782. The molecule has 0 radical (unpaired) electrons. The number of fused-ring (bicyclic) bond motifs is 1. The smallest absolute Gasteiger partial charge is 0.257 e. The Hall–Kier alpha value is -2.33. The third kappa shape index (κ3) is 3.14. The maximum Gasteiger partial charge on any atom is 0.257 e. The fourth-order valence-electron chi connectivity index (χ4n) is 3.69. The summed E-state index contributed by atoms with van der Waals surface area (Å²) in [5.41, 5.74) is 4.05. The Bertz CT molecular complexity index is 751. The van der Waals surface area contributed by atoms with Gasteiger partial charge in [0.2, 0.25) is 0 Å². The maximum atomic E-state index is 13.1. The van der Waals surface area contributed by atoms with Gasteiger partial charge in [0.1, 0.15) is 6.17 Å². The van der Waals surface area contributed by atoms with E-state index in [9.17, 15) is 4.79 Å². The van der Waals surface area contributed by atoms with Crippen LogP contribution in [0.3, 0.4) is 0 Å². The average Bonchev–Trinajstić information content (AvgIpc) is 3.17. The number of amides is 1. The van der Waals surface area contributed by atoms with Gasteiger partial charge in [-0.3, -0.25) is 4.79 Å². The third-order valence-corrected chi connectivity index (χ3v) is 5.15. The molecule has 0 spiro atoms. The van der Waals surface area contributed by atoms with Crippen molar-refractivity contribution in [3.05, 3.63) is 65.2 Å². The number of hydrogen-bond acceptors (Lipinski definition) is 3. The molecule has 2 heterocycles. The van der Waals surface area contributed by atoms with Gasteiger partial charge in [0.15, 0.2) is 0 Å². The monoisotopic (exact) mass is 336 g/mol. The van der Waals surface area contributed by atoms with Crippen molar-refractivity contribution >= 4 is 11.6 Å². The molecule has 0 saturated carbocycles. The molecule has 2 aromatic rings. The summed E-state index contributed by atoms with van der Waals surface area (Å²) in [4.78, 5) is 15.1. The Labute approximate surface area is 148 Å². The van der Waals surface area contributed by atoms with Crippen molar-refractivity contribution in [2.24, 2.45) is 0 Å². The minimum Gasteiger partial charge on any atom is -0.376 e. The molecule has 1 amide bonds. The van der Waals surface area contributed by atoms with E-state index in [0.717, 1.165) is 42.7 Å². The van der Waals surface area contributed by atoms with Crippen molar-refractivity contribution in [1.82, 2.24) is 4.90 Å². The topological polar surface area (TPSA) is 41.6 Å². The number of hydrogen-bond donors (Lipinski definition) is 1. The SMILES string of the molecule is CCc1ccc([C@@H]2Nc3ccccc3C(=O)N2C[C@@H]2CCCO2)cc1. The molecular formula is C21H24N2O2. The lowest BCUT2D eigenvalue weighted by Gasteiger charge is -2.39. The fraction of sp³-hybridized carbons (Fsp3) is 0.381. The van der Waals surface area contributed by atoms with Crippen molar-refractivity contribution in [2.45, 2.75) is 38.5 Å². The minimum atomic E-state index is -0.155. The second-order valence-corrected chi connectivity index (χ2v) is 6.78. The molecule has 2 aliphatic heterocycles. The van der Waals surface area contributed by atoms with Crippen LogP contribution in [-0.4, -0.2) is 30.1 Å². The molecule has 25 heavy (non-hydrogen) atoms. The van der Waals surface area contributed by atoms with Crippen molar-refractivity contribution in [3.8, 4) is 0 Å². The van der Waals surface area contributed by atoms with E-state index in [1.54, 1.807) is 0 Å². The summed E-state index contributed by atoms with van der Waals surface area (Å²) in [7, 11) is 0. The molecular weight excluding hydrogens is 312 g/mol. The molecule has 2 aromatic carbocycles. The van der Waals surface area contributed by atoms with Crippen LogP contribution in [0.25, 0.3) is 0 Å². The predicted molar refractivity (Wildman–Crippen MR) is 98.6 cm³/mol. The number of carbonyl (C=O) groups is 1. The fourth-order valence-corrected chi connectivity index (χ4v) is 3.69. The molecule has 4 rings (SSSR count). The molecule has 4 heteroatoms. The molecule has 0 aliphatic carbocycles. The van der Waals surface area contributed by atoms with E-state index in [1.165, 1.54) is 5.56 Å². The molecule has 0 aromatic heterocycles. The van der Waals surface area contributed by atoms with Gasteiger partial charge in [0, 0.05) is 18.8 Å². The van der Waals surface area contributed by atoms with Gasteiger partial charge in [-0.15, -0.1) is 0 Å². The summed E-state index contributed by atoms with van der Waals surface area (Å²) in [6.07, 6.45) is 3.09. The Morgan fingerprint density at radius 1 is 1.16 bits per heavy atom. The van der Waals surface area contributed by atoms with Crippen LogP contribution in [0.5, 0.6) is 0 Å². The van der Waals surface area contributed by atoms with Crippen LogP contribution in [0.4, 0.5) is 5.69 Å². The number of aryl methyl sites for hydroxylation is 1. The summed E-state index contributed by atoms with van der Waals surface area (Å²) in [5, 5.41) is 3.55. The van der Waals surface area contributed by atoms with E-state index in [2.05, 4.69) is 36.5 Å². The number of nitrogens with zero attached hydrogens (tertiary/aromatic N) is 1. The summed E-state index contributed by atoms with van der Waals surface area (Å²) < 4.78 is 5.79. The van der Waals surface area contributed by atoms with Crippen LogP contribution in [0.15, 0.2) is 48.5 Å². The van der Waals surface area contributed by atoms with Crippen LogP contribution in [0.1, 0.15) is 47.4 Å². The van der Waals surface area contributed by atoms with Crippen molar-refractivity contribution in [3.63, 3.8) is 0 Å². The molecule has 1 N–H and O–H groups in total. The molecule has 0 bridgehead atoms. The number of para-hydroxylation sites is 1. The first-order valence-electron chi connectivity index (χ1n) is 9.13. The van der Waals surface area contributed by atoms with Crippen LogP contribution in [0.2, 0.25) is 0 Å². The van der Waals surface area contributed by atoms with Gasteiger partial charge in [0.25, 0.3) is 5.91 Å². The highest BCUT2D eigenvalue weighted by atomic mass is 16.5. The standard InChI is InChI=1S/C21H24N2O2/c1-2-15-9-11-16(12-10-15)20-22-19-8-4-3-7-18(19)21(24)23(20)14-17-6-5-13-25-17/h3-4,7-12,17,20,22H,2,5-6,13-14H2,1H3/t17-,20+/m0/s1. The Morgan fingerprint density at radius 3 is 2.68 bits per heavy atom. The van der Waals surface area contributed by atoms with E-state index in [-0.39, 0.29) is 18.2 Å². The number of carbonyl (C=O) groups excluding carboxylic acids is 1. The zero-order valence-electron chi connectivity index (χ0n) is 14.6. The van der Waals surface area contributed by atoms with Crippen LogP contribution < -0.4 is 5.32 Å². The van der Waals surface area contributed by atoms with Crippen LogP contribution >= 0.6 is 0 Å². The zero-order chi connectivity index (χ0) is 17.2. The van der Waals surface area contributed by atoms with Gasteiger partial charge < -0.3 is 15.0 Å². The van der Waals surface area contributed by atoms with E-state index in [4.69, 9.17) is 4.74 Å². The van der Waals surface area contributed by atoms with Gasteiger partial charge in [-0.1, -0.05) is 43.3 Å². The molecule has 2 aliphatic rings. The highest BCUT2D eigenvalue weighted by Crippen LogP contribution is 2.34. The number of ether oxygens (including phenoxy) is 1. The first-order chi connectivity index (χ1) is 12.3. The Morgan fingerprint density at radius 2 is 1.96 bits per heavy atom. The highest BCUT2D eigenvalue weighted by Gasteiger charge is 2.35. The second-order valence-electron chi connectivity index (χ2n) is 6.78. The van der Waals surface area contributed by atoms with E-state index in [0.29, 0.717) is 6.54 Å².